The summed E-state index contributed by atoms with van der Waals surface area (Å²) in [7, 11) is -3.18. The fourth-order valence-corrected chi connectivity index (χ4v) is 2.45. The van der Waals surface area contributed by atoms with Crippen LogP contribution in [0.25, 0.3) is 0 Å². The van der Waals surface area contributed by atoms with Gasteiger partial charge in [-0.1, -0.05) is 33.6 Å². The van der Waals surface area contributed by atoms with Gasteiger partial charge >= 0.3 is 0 Å². The van der Waals surface area contributed by atoms with Crippen molar-refractivity contribution in [2.75, 3.05) is 0 Å². The number of sulfone groups is 1. The lowest BCUT2D eigenvalue weighted by Gasteiger charge is -2.05. The van der Waals surface area contributed by atoms with E-state index in [-0.39, 0.29) is 0 Å². The van der Waals surface area contributed by atoms with Crippen molar-refractivity contribution in [1.82, 2.24) is 0 Å². The van der Waals surface area contributed by atoms with Crippen LogP contribution >= 0.6 is 15.9 Å². The van der Waals surface area contributed by atoms with Gasteiger partial charge in [0.15, 0.2) is 9.84 Å². The third-order valence-electron chi connectivity index (χ3n) is 1.78. The monoisotopic (exact) mass is 262 g/mol. The summed E-state index contributed by atoms with van der Waals surface area (Å²) in [5, 5.41) is 0. The first-order chi connectivity index (χ1) is 5.94. The molecule has 0 N–H and O–H groups in total. The van der Waals surface area contributed by atoms with Crippen LogP contribution in [0.2, 0.25) is 0 Å². The summed E-state index contributed by atoms with van der Waals surface area (Å²) in [6.07, 6.45) is 0. The van der Waals surface area contributed by atoms with E-state index in [4.69, 9.17) is 0 Å². The molecule has 72 valence electrons. The molecule has 0 aliphatic rings. The molecule has 1 atom stereocenters. The fourth-order valence-electron chi connectivity index (χ4n) is 0.915. The van der Waals surface area contributed by atoms with Crippen LogP contribution in [0.4, 0.5) is 0 Å². The Morgan fingerprint density at radius 3 is 2.08 bits per heavy atom. The maximum absolute atomic E-state index is 11.6. The predicted molar refractivity (Wildman–Crippen MR) is 56.8 cm³/mol. The van der Waals surface area contributed by atoms with E-state index in [0.29, 0.717) is 4.90 Å². The lowest BCUT2D eigenvalue weighted by Crippen LogP contribution is -2.10. The first kappa shape index (κ1) is 10.7. The molecule has 0 aromatic heterocycles. The molecule has 0 aliphatic heterocycles. The zero-order valence-electron chi connectivity index (χ0n) is 7.49. The third kappa shape index (κ3) is 2.31. The number of rotatable bonds is 2. The molecule has 1 aromatic carbocycles. The molecule has 1 aromatic rings. The van der Waals surface area contributed by atoms with E-state index in [0.717, 1.165) is 5.56 Å². The molecular formula is C9H11BrO2S. The van der Waals surface area contributed by atoms with Gasteiger partial charge in [0, 0.05) is 0 Å². The fraction of sp³-hybridized carbons (Fsp3) is 0.333. The summed E-state index contributed by atoms with van der Waals surface area (Å²) in [5.41, 5.74) is 1.06. The Labute approximate surface area is 87.0 Å². The van der Waals surface area contributed by atoms with Crippen molar-refractivity contribution in [3.8, 4) is 0 Å². The average Bonchev–Trinajstić information content (AvgIpc) is 2.04. The van der Waals surface area contributed by atoms with Gasteiger partial charge in [0.2, 0.25) is 0 Å². The van der Waals surface area contributed by atoms with Gasteiger partial charge in [-0.25, -0.2) is 8.42 Å². The maximum Gasteiger partial charge on any atom is 0.190 e. The zero-order valence-corrected chi connectivity index (χ0v) is 9.89. The van der Waals surface area contributed by atoms with Crippen molar-refractivity contribution in [2.45, 2.75) is 22.9 Å². The summed E-state index contributed by atoms with van der Waals surface area (Å²) in [6, 6.07) is 6.84. The molecular weight excluding hydrogens is 252 g/mol. The topological polar surface area (TPSA) is 34.1 Å². The van der Waals surface area contributed by atoms with Crippen LogP contribution in [-0.2, 0) is 9.84 Å². The Morgan fingerprint density at radius 2 is 1.69 bits per heavy atom. The molecule has 0 saturated heterocycles. The Bertz CT molecular complexity index is 379. The van der Waals surface area contributed by atoms with Crippen LogP contribution < -0.4 is 0 Å². The standard InChI is InChI=1S/C9H11BrO2S/c1-7-3-5-9(6-4-7)13(11,12)8(2)10/h3-6,8H,1-2H3/t8-/m1/s1. The molecule has 2 nitrogen and oxygen atoms in total. The van der Waals surface area contributed by atoms with E-state index in [9.17, 15) is 8.42 Å². The van der Waals surface area contributed by atoms with E-state index in [1.165, 1.54) is 0 Å². The van der Waals surface area contributed by atoms with Crippen LogP contribution in [0, 0.1) is 6.92 Å². The lowest BCUT2D eigenvalue weighted by atomic mass is 10.2. The van der Waals surface area contributed by atoms with Gasteiger partial charge in [-0.2, -0.15) is 0 Å². The van der Waals surface area contributed by atoms with Crippen LogP contribution in [0.15, 0.2) is 29.2 Å². The van der Waals surface area contributed by atoms with E-state index in [2.05, 4.69) is 15.9 Å². The second-order valence-electron chi connectivity index (χ2n) is 2.90. The highest BCUT2D eigenvalue weighted by Gasteiger charge is 2.19. The molecule has 1 rings (SSSR count). The van der Waals surface area contributed by atoms with E-state index in [1.54, 1.807) is 31.2 Å². The van der Waals surface area contributed by atoms with Gasteiger partial charge in [0.05, 0.1) is 4.90 Å². The highest BCUT2D eigenvalue weighted by molar-refractivity contribution is 9.11. The summed E-state index contributed by atoms with van der Waals surface area (Å²) in [6.45, 7) is 3.53. The average molecular weight is 263 g/mol. The number of hydrogen-bond acceptors (Lipinski definition) is 2. The molecule has 0 heterocycles. The van der Waals surface area contributed by atoms with E-state index < -0.39 is 14.0 Å². The summed E-state index contributed by atoms with van der Waals surface area (Å²) < 4.78 is 22.7. The van der Waals surface area contributed by atoms with Crippen LogP contribution in [0.3, 0.4) is 0 Å². The minimum Gasteiger partial charge on any atom is -0.223 e. The van der Waals surface area contributed by atoms with Gasteiger partial charge in [-0.15, -0.1) is 0 Å². The minimum absolute atomic E-state index is 0.363. The molecule has 0 saturated carbocycles. The third-order valence-corrected chi connectivity index (χ3v) is 5.04. The van der Waals surface area contributed by atoms with E-state index >= 15 is 0 Å². The van der Waals surface area contributed by atoms with Gasteiger partial charge in [0.25, 0.3) is 0 Å². The van der Waals surface area contributed by atoms with Crippen LogP contribution in [0.1, 0.15) is 12.5 Å². The molecule has 0 bridgehead atoms. The Hall–Kier alpha value is -0.350. The van der Waals surface area contributed by atoms with E-state index in [1.807, 2.05) is 6.92 Å². The Balaban J connectivity index is 3.17. The van der Waals surface area contributed by atoms with Crippen LogP contribution in [-0.4, -0.2) is 12.6 Å². The van der Waals surface area contributed by atoms with Gasteiger partial charge < -0.3 is 0 Å². The number of alkyl halides is 1. The molecule has 0 fully saturated rings. The quantitative estimate of drug-likeness (QED) is 0.768. The maximum atomic E-state index is 11.6. The first-order valence-electron chi connectivity index (χ1n) is 3.89. The minimum atomic E-state index is -3.18. The second kappa shape index (κ2) is 3.80. The molecule has 0 radical (unpaired) electrons. The number of benzene rings is 1. The summed E-state index contributed by atoms with van der Waals surface area (Å²) in [5.74, 6) is 0. The number of aryl methyl sites for hydroxylation is 1. The Morgan fingerprint density at radius 1 is 1.23 bits per heavy atom. The Kier molecular flexibility index (Phi) is 3.14. The normalized spacial score (nSPS) is 14.1. The van der Waals surface area contributed by atoms with Crippen molar-refractivity contribution in [2.24, 2.45) is 0 Å². The van der Waals surface area contributed by atoms with Crippen molar-refractivity contribution in [3.63, 3.8) is 0 Å². The molecule has 13 heavy (non-hydrogen) atoms. The highest BCUT2D eigenvalue weighted by Crippen LogP contribution is 2.19. The SMILES string of the molecule is Cc1ccc(S(=O)(=O)[C@H](C)Br)cc1. The van der Waals surface area contributed by atoms with Crippen molar-refractivity contribution < 1.29 is 8.42 Å². The summed E-state index contributed by atoms with van der Waals surface area (Å²) in [4.78, 5) is 0.363. The molecule has 0 spiro atoms. The molecule has 0 amide bonds. The smallest absolute Gasteiger partial charge is 0.190 e. The zero-order chi connectivity index (χ0) is 10.1. The van der Waals surface area contributed by atoms with Gasteiger partial charge in [-0.05, 0) is 26.0 Å². The van der Waals surface area contributed by atoms with Gasteiger partial charge in [0.1, 0.15) is 4.16 Å². The van der Waals surface area contributed by atoms with Crippen LogP contribution in [0.5, 0.6) is 0 Å². The summed E-state index contributed by atoms with van der Waals surface area (Å²) >= 11 is 3.06. The number of halogens is 1. The van der Waals surface area contributed by atoms with Gasteiger partial charge in [-0.3, -0.25) is 0 Å². The number of hydrogen-bond donors (Lipinski definition) is 0. The molecule has 0 aliphatic carbocycles. The predicted octanol–water partition coefficient (Wildman–Crippen LogP) is 2.51. The van der Waals surface area contributed by atoms with Crippen molar-refractivity contribution >= 4 is 25.8 Å². The highest BCUT2D eigenvalue weighted by atomic mass is 79.9. The first-order valence-corrected chi connectivity index (χ1v) is 6.35. The van der Waals surface area contributed by atoms with Crippen molar-refractivity contribution in [3.05, 3.63) is 29.8 Å². The largest absolute Gasteiger partial charge is 0.223 e. The molecule has 0 unspecified atom stereocenters. The lowest BCUT2D eigenvalue weighted by molar-refractivity contribution is 0.595. The second-order valence-corrected chi connectivity index (χ2v) is 7.15. The molecule has 4 heteroatoms. The van der Waals surface area contributed by atoms with Crippen molar-refractivity contribution in [1.29, 1.82) is 0 Å².